The number of hydrogen-bond acceptors (Lipinski definition) is 0. The van der Waals surface area contributed by atoms with Crippen LogP contribution in [0.25, 0.3) is 0 Å². The second kappa shape index (κ2) is 17.4. The van der Waals surface area contributed by atoms with Crippen molar-refractivity contribution in [1.29, 1.82) is 0 Å². The first kappa shape index (κ1) is 30.2. The van der Waals surface area contributed by atoms with E-state index in [1.54, 1.807) is 0 Å². The molecule has 0 fully saturated rings. The van der Waals surface area contributed by atoms with Gasteiger partial charge in [-0.05, 0) is 0 Å². The molecule has 0 bridgehead atoms. The van der Waals surface area contributed by atoms with Crippen LogP contribution in [0.5, 0.6) is 0 Å². The third-order valence-electron chi connectivity index (χ3n) is 0. The van der Waals surface area contributed by atoms with Gasteiger partial charge >= 0.3 is 17.1 Å². The predicted octanol–water partition coefficient (Wildman–Crippen LogP) is -0.278. The molecule has 1 radical (unpaired) electrons. The van der Waals surface area contributed by atoms with Crippen LogP contribution in [0.2, 0.25) is 0 Å². The summed E-state index contributed by atoms with van der Waals surface area (Å²) in [5, 5.41) is 0. The van der Waals surface area contributed by atoms with E-state index in [2.05, 4.69) is 0 Å². The molecule has 0 aromatic rings. The quantitative estimate of drug-likeness (QED) is 0.516. The van der Waals surface area contributed by atoms with Crippen molar-refractivity contribution in [2.45, 2.75) is 0 Å². The zero-order valence-electron chi connectivity index (χ0n) is 1.82. The number of hydrogen-bond donors (Lipinski definition) is 0. The maximum atomic E-state index is 0. The third-order valence-corrected chi connectivity index (χ3v) is 0. The number of rotatable bonds is 0. The maximum Gasteiger partial charge on any atom is 0 e. The monoisotopic (exact) mass is 246 g/mol. The summed E-state index contributed by atoms with van der Waals surface area (Å²) in [6, 6.07) is 0. The van der Waals surface area contributed by atoms with Crippen molar-refractivity contribution in [2.75, 3.05) is 0 Å². The van der Waals surface area contributed by atoms with E-state index in [-0.39, 0.29) is 82.4 Å². The molecule has 0 aromatic carbocycles. The van der Waals surface area contributed by atoms with Crippen molar-refractivity contribution in [3.8, 4) is 0 Å². The third kappa shape index (κ3) is 8.82. The molecule has 0 heterocycles. The molecule has 0 aliphatic rings. The summed E-state index contributed by atoms with van der Waals surface area (Å²) in [6.07, 6.45) is 0. The maximum absolute atomic E-state index is 0. The Morgan fingerprint density at radius 3 is 1.00 bits per heavy atom. The van der Waals surface area contributed by atoms with Gasteiger partial charge in [0.25, 0.3) is 0 Å². The van der Waals surface area contributed by atoms with E-state index in [0.29, 0.717) is 0 Å². The average Bonchev–Trinajstić information content (AvgIpc) is 0. The van der Waals surface area contributed by atoms with E-state index in [0.717, 1.165) is 0 Å². The summed E-state index contributed by atoms with van der Waals surface area (Å²) >= 11 is 0. The summed E-state index contributed by atoms with van der Waals surface area (Å²) in [5.74, 6) is 0. The Labute approximate surface area is 81.1 Å². The second-order valence-electron chi connectivity index (χ2n) is 0. The van der Waals surface area contributed by atoms with Gasteiger partial charge < -0.3 is 0 Å². The van der Waals surface area contributed by atoms with Crippen LogP contribution in [-0.4, -0.2) is 0 Å². The first-order valence-electron chi connectivity index (χ1n) is 0. The largest absolute Gasteiger partial charge is 0 e. The van der Waals surface area contributed by atoms with Gasteiger partial charge in [-0.1, -0.05) is 0 Å². The van der Waals surface area contributed by atoms with E-state index < -0.39 is 0 Å². The Morgan fingerprint density at radius 1 is 1.00 bits per heavy atom. The summed E-state index contributed by atoms with van der Waals surface area (Å²) in [5.41, 5.74) is 0. The van der Waals surface area contributed by atoms with E-state index in [4.69, 9.17) is 0 Å². The Balaban J connectivity index is 0. The van der Waals surface area contributed by atoms with E-state index in [1.807, 2.05) is 0 Å². The van der Waals surface area contributed by atoms with Crippen molar-refractivity contribution in [3.05, 3.63) is 0 Å². The van der Waals surface area contributed by atoms with Crippen LogP contribution in [0.15, 0.2) is 0 Å². The minimum Gasteiger partial charge on any atom is 0 e. The van der Waals surface area contributed by atoms with Crippen LogP contribution in [0.4, 0.5) is 0 Å². The van der Waals surface area contributed by atoms with Gasteiger partial charge in [-0.15, -0.1) is 0 Å². The van der Waals surface area contributed by atoms with Crippen LogP contribution >= 0.6 is 0 Å². The van der Waals surface area contributed by atoms with Crippen LogP contribution in [-0.2, 0) is 82.4 Å². The van der Waals surface area contributed by atoms with Crippen molar-refractivity contribution in [2.24, 2.45) is 0 Å². The van der Waals surface area contributed by atoms with Crippen molar-refractivity contribution < 1.29 is 82.4 Å². The minimum absolute atomic E-state index is 0. The van der Waals surface area contributed by atoms with Gasteiger partial charge in [-0.3, -0.25) is 0 Å². The molecular formula is HCrMnTiZr. The van der Waals surface area contributed by atoms with Gasteiger partial charge in [0.15, 0.2) is 0 Å². The van der Waals surface area contributed by atoms with Crippen LogP contribution in [0.1, 0.15) is 0 Å². The second-order valence-corrected chi connectivity index (χ2v) is 0. The van der Waals surface area contributed by atoms with Gasteiger partial charge in [-0.2, -0.15) is 0 Å². The molecular weight excluding hydrogens is 246 g/mol. The fraction of sp³-hybridized carbons (Fsp3) is 0. The Morgan fingerprint density at radius 2 is 1.00 bits per heavy atom. The molecule has 0 saturated carbocycles. The molecule has 0 nitrogen and oxygen atoms in total. The molecule has 0 rings (SSSR count). The van der Waals surface area contributed by atoms with Crippen molar-refractivity contribution in [1.82, 2.24) is 0 Å². The van der Waals surface area contributed by atoms with Crippen LogP contribution in [0.3, 0.4) is 0 Å². The van der Waals surface area contributed by atoms with Crippen molar-refractivity contribution in [3.63, 3.8) is 0 Å². The fourth-order valence-electron chi connectivity index (χ4n) is 0. The molecule has 4 heteroatoms. The van der Waals surface area contributed by atoms with E-state index in [9.17, 15) is 0 Å². The predicted molar refractivity (Wildman–Crippen MR) is 1.40 cm³/mol. The van der Waals surface area contributed by atoms with E-state index >= 15 is 0 Å². The van der Waals surface area contributed by atoms with Crippen LogP contribution < -0.4 is 0 Å². The van der Waals surface area contributed by atoms with Gasteiger partial charge in [0.05, 0.1) is 0 Å². The van der Waals surface area contributed by atoms with E-state index in [1.165, 1.54) is 0 Å². The zero-order chi connectivity index (χ0) is 0. The SMILES string of the molecule is [Cr].[MnH].[Ti].[Zr]. The van der Waals surface area contributed by atoms with Gasteiger partial charge in [0, 0.05) is 65.3 Å². The summed E-state index contributed by atoms with van der Waals surface area (Å²) in [4.78, 5) is 0. The minimum atomic E-state index is 0. The fourth-order valence-corrected chi connectivity index (χ4v) is 0. The molecule has 0 N–H and O–H groups in total. The normalized spacial score (nSPS) is 0. The summed E-state index contributed by atoms with van der Waals surface area (Å²) in [6.45, 7) is 0. The molecule has 0 aliphatic carbocycles. The average molecular weight is 247 g/mol. The molecule has 22 valence electrons. The molecule has 0 aromatic heterocycles. The Hall–Kier alpha value is 2.65. The standard InChI is InChI=1S/Cr.Mn.Ti.Zr.H. The topological polar surface area (TPSA) is 0 Å². The smallest absolute Gasteiger partial charge is 0 e. The van der Waals surface area contributed by atoms with Gasteiger partial charge in [-0.25, -0.2) is 0 Å². The molecule has 0 spiro atoms. The molecule has 4 heavy (non-hydrogen) atoms. The summed E-state index contributed by atoms with van der Waals surface area (Å²) in [7, 11) is 0. The molecule has 0 saturated heterocycles. The zero-order valence-corrected chi connectivity index (χ0v) is 8.39. The van der Waals surface area contributed by atoms with Gasteiger partial charge in [0.1, 0.15) is 0 Å². The first-order chi connectivity index (χ1) is 0. The molecule has 0 aliphatic heterocycles. The molecule has 0 amide bonds. The Bertz CT molecular complexity index is 8.00. The van der Waals surface area contributed by atoms with Gasteiger partial charge in [0.2, 0.25) is 0 Å². The summed E-state index contributed by atoms with van der Waals surface area (Å²) < 4.78 is 0. The van der Waals surface area contributed by atoms with Crippen LogP contribution in [0, 0.1) is 0 Å². The van der Waals surface area contributed by atoms with Crippen molar-refractivity contribution >= 4 is 0 Å². The first-order valence-corrected chi connectivity index (χ1v) is 0. The Kier molecular flexibility index (Phi) is 132. The molecule has 0 atom stereocenters. The molecule has 0 unspecified atom stereocenters.